The van der Waals surface area contributed by atoms with Gasteiger partial charge in [0.1, 0.15) is 24.0 Å². The third-order valence-corrected chi connectivity index (χ3v) is 8.91. The third-order valence-electron chi connectivity index (χ3n) is 8.91. The van der Waals surface area contributed by atoms with Crippen molar-refractivity contribution in [3.05, 3.63) is 137 Å². The molecule has 0 fully saturated rings. The maximum absolute atomic E-state index is 13.4. The van der Waals surface area contributed by atoms with Crippen LogP contribution in [0, 0.1) is 6.92 Å². The second-order valence-corrected chi connectivity index (χ2v) is 12.3. The molecule has 0 atom stereocenters. The summed E-state index contributed by atoms with van der Waals surface area (Å²) in [6, 6.07) is 34.9. The van der Waals surface area contributed by atoms with Crippen LogP contribution in [0.1, 0.15) is 46.2 Å². The molecule has 10 nitrogen and oxygen atoms in total. The normalized spacial score (nSPS) is 11.6. The summed E-state index contributed by atoms with van der Waals surface area (Å²) in [6.45, 7) is 4.72. The predicted octanol–water partition coefficient (Wildman–Crippen LogP) is 8.30. The molecule has 0 unspecified atom stereocenters. The standard InChI is InChI=1S/C40H37N5O5/c1-4-11-37-42-38-26(2)22-30(39-41-33-15-8-9-16-34(33)43(39)3)23-35(38)44(37)24-27-18-20-28(21-19-27)31-13-6-7-14-32(31)40(46)50-36-17-10-5-12-29(36)25-49-45(47)48/h5-10,12-23,47-48H,4,11,24-25H2,1-3H3. The van der Waals surface area contributed by atoms with E-state index < -0.39 is 5.97 Å². The van der Waals surface area contributed by atoms with Crippen molar-refractivity contribution in [2.75, 3.05) is 0 Å². The van der Waals surface area contributed by atoms with Crippen molar-refractivity contribution >= 4 is 28.0 Å². The molecule has 0 aliphatic rings. The Morgan fingerprint density at radius 1 is 0.840 bits per heavy atom. The second kappa shape index (κ2) is 14.1. The van der Waals surface area contributed by atoms with E-state index >= 15 is 0 Å². The Morgan fingerprint density at radius 2 is 1.58 bits per heavy atom. The van der Waals surface area contributed by atoms with Crippen LogP contribution in [0.5, 0.6) is 5.75 Å². The monoisotopic (exact) mass is 667 g/mol. The highest BCUT2D eigenvalue weighted by atomic mass is 17.1. The van der Waals surface area contributed by atoms with Crippen molar-refractivity contribution in [2.24, 2.45) is 7.05 Å². The van der Waals surface area contributed by atoms with Gasteiger partial charge in [-0.05, 0) is 72.0 Å². The predicted molar refractivity (Wildman–Crippen MR) is 191 cm³/mol. The number of aryl methyl sites for hydroxylation is 3. The highest BCUT2D eigenvalue weighted by molar-refractivity contribution is 5.98. The molecular formula is C40H37N5O5. The molecule has 0 aliphatic carbocycles. The molecule has 5 aromatic carbocycles. The van der Waals surface area contributed by atoms with E-state index in [1.54, 1.807) is 36.4 Å². The minimum atomic E-state index is -0.539. The number of fused-ring (bicyclic) bond motifs is 2. The van der Waals surface area contributed by atoms with Gasteiger partial charge in [0.25, 0.3) is 0 Å². The van der Waals surface area contributed by atoms with Gasteiger partial charge in [-0.3, -0.25) is 10.4 Å². The van der Waals surface area contributed by atoms with Gasteiger partial charge in [-0.25, -0.2) is 19.6 Å². The molecule has 0 amide bonds. The molecule has 252 valence electrons. The molecule has 50 heavy (non-hydrogen) atoms. The highest BCUT2D eigenvalue weighted by Gasteiger charge is 2.19. The minimum Gasteiger partial charge on any atom is -0.423 e. The Morgan fingerprint density at radius 3 is 2.36 bits per heavy atom. The van der Waals surface area contributed by atoms with Crippen molar-refractivity contribution in [3.63, 3.8) is 0 Å². The zero-order valence-electron chi connectivity index (χ0n) is 28.1. The van der Waals surface area contributed by atoms with Gasteiger partial charge in [-0.2, -0.15) is 0 Å². The number of benzene rings is 5. The summed E-state index contributed by atoms with van der Waals surface area (Å²) in [5, 5.41) is 17.5. The summed E-state index contributed by atoms with van der Waals surface area (Å²) in [6.07, 6.45) is 1.83. The number of para-hydroxylation sites is 3. The van der Waals surface area contributed by atoms with Crippen LogP contribution in [-0.2, 0) is 31.5 Å². The van der Waals surface area contributed by atoms with E-state index in [9.17, 15) is 4.79 Å². The summed E-state index contributed by atoms with van der Waals surface area (Å²) in [5.74, 6) is 1.68. The number of hydrogen-bond donors (Lipinski definition) is 2. The molecule has 0 saturated heterocycles. The van der Waals surface area contributed by atoms with Crippen LogP contribution in [0.3, 0.4) is 0 Å². The van der Waals surface area contributed by atoms with Crippen LogP contribution in [0.25, 0.3) is 44.6 Å². The van der Waals surface area contributed by atoms with Crippen molar-refractivity contribution in [1.82, 2.24) is 24.5 Å². The van der Waals surface area contributed by atoms with Crippen molar-refractivity contribution in [1.29, 1.82) is 0 Å². The highest BCUT2D eigenvalue weighted by Crippen LogP contribution is 2.32. The summed E-state index contributed by atoms with van der Waals surface area (Å²) in [5.41, 5.74) is 9.87. The van der Waals surface area contributed by atoms with E-state index in [0.717, 1.165) is 74.4 Å². The van der Waals surface area contributed by atoms with Gasteiger partial charge in [0.2, 0.25) is 0 Å². The van der Waals surface area contributed by atoms with Crippen LogP contribution < -0.4 is 4.74 Å². The summed E-state index contributed by atoms with van der Waals surface area (Å²) >= 11 is 0. The van der Waals surface area contributed by atoms with E-state index in [1.807, 2.05) is 42.5 Å². The maximum Gasteiger partial charge on any atom is 0.344 e. The summed E-state index contributed by atoms with van der Waals surface area (Å²) < 4.78 is 10.2. The average Bonchev–Trinajstić information content (AvgIpc) is 3.65. The zero-order valence-corrected chi connectivity index (χ0v) is 28.1. The van der Waals surface area contributed by atoms with Gasteiger partial charge in [0.15, 0.2) is 0 Å². The van der Waals surface area contributed by atoms with E-state index in [2.05, 4.69) is 60.4 Å². The van der Waals surface area contributed by atoms with Crippen LogP contribution in [0.4, 0.5) is 0 Å². The molecule has 10 heteroatoms. The zero-order chi connectivity index (χ0) is 34.8. The fourth-order valence-electron chi connectivity index (χ4n) is 6.45. The lowest BCUT2D eigenvalue weighted by Crippen LogP contribution is -2.15. The first-order chi connectivity index (χ1) is 24.3. The van der Waals surface area contributed by atoms with Crippen LogP contribution in [-0.4, -0.2) is 40.9 Å². The number of carbonyl (C=O) groups excluding carboxylic acids is 1. The molecule has 7 aromatic rings. The van der Waals surface area contributed by atoms with Gasteiger partial charge in [-0.15, -0.1) is 0 Å². The maximum atomic E-state index is 13.4. The number of hydrogen-bond acceptors (Lipinski definition) is 8. The van der Waals surface area contributed by atoms with Crippen molar-refractivity contribution in [3.8, 4) is 28.3 Å². The first kappa shape index (κ1) is 32.9. The molecule has 7 rings (SSSR count). The molecule has 0 saturated carbocycles. The Balaban J connectivity index is 1.18. The Hall–Kier alpha value is -5.65. The summed E-state index contributed by atoms with van der Waals surface area (Å²) in [7, 11) is 2.06. The minimum absolute atomic E-state index is 0.202. The molecule has 2 aromatic heterocycles. The lowest BCUT2D eigenvalue weighted by molar-refractivity contribution is -0.497. The fourth-order valence-corrected chi connectivity index (χ4v) is 6.45. The van der Waals surface area contributed by atoms with Crippen molar-refractivity contribution < 1.29 is 24.8 Å². The Labute approximate surface area is 289 Å². The number of aromatic nitrogens is 4. The van der Waals surface area contributed by atoms with E-state index in [-0.39, 0.29) is 17.7 Å². The number of carbonyl (C=O) groups is 1. The quantitative estimate of drug-likeness (QED) is 0.0805. The molecule has 0 radical (unpaired) electrons. The largest absolute Gasteiger partial charge is 0.423 e. The first-order valence-electron chi connectivity index (χ1n) is 16.5. The fraction of sp³-hybridized carbons (Fsp3) is 0.175. The smallest absolute Gasteiger partial charge is 0.344 e. The molecule has 0 spiro atoms. The molecule has 2 N–H and O–H groups in total. The van der Waals surface area contributed by atoms with Gasteiger partial charge in [-0.1, -0.05) is 79.7 Å². The number of imidazole rings is 2. The van der Waals surface area contributed by atoms with Gasteiger partial charge in [0, 0.05) is 31.1 Å². The molecule has 0 bridgehead atoms. The van der Waals surface area contributed by atoms with E-state index in [0.29, 0.717) is 17.7 Å². The Bertz CT molecular complexity index is 2320. The van der Waals surface area contributed by atoms with Gasteiger partial charge < -0.3 is 13.9 Å². The average molecular weight is 668 g/mol. The topological polar surface area (TPSA) is 115 Å². The van der Waals surface area contributed by atoms with Gasteiger partial charge >= 0.3 is 5.97 Å². The molecular weight excluding hydrogens is 630 g/mol. The van der Waals surface area contributed by atoms with Crippen molar-refractivity contribution in [2.45, 2.75) is 39.8 Å². The van der Waals surface area contributed by atoms with E-state index in [4.69, 9.17) is 30.0 Å². The second-order valence-electron chi connectivity index (χ2n) is 12.3. The van der Waals surface area contributed by atoms with Gasteiger partial charge in [0.05, 0.1) is 33.0 Å². The molecule has 0 aliphatic heterocycles. The first-order valence-corrected chi connectivity index (χ1v) is 16.5. The molecule has 2 heterocycles. The number of rotatable bonds is 11. The lowest BCUT2D eigenvalue weighted by Gasteiger charge is -2.14. The van der Waals surface area contributed by atoms with E-state index in [1.165, 1.54) is 0 Å². The Kier molecular flexibility index (Phi) is 9.25. The number of nitrogens with zero attached hydrogens (tertiary/aromatic N) is 5. The van der Waals surface area contributed by atoms with Crippen LogP contribution >= 0.6 is 0 Å². The third kappa shape index (κ3) is 6.52. The number of esters is 1. The van der Waals surface area contributed by atoms with Crippen LogP contribution in [0.15, 0.2) is 109 Å². The lowest BCUT2D eigenvalue weighted by atomic mass is 9.98. The summed E-state index contributed by atoms with van der Waals surface area (Å²) in [4.78, 5) is 28.2. The van der Waals surface area contributed by atoms with Crippen LogP contribution in [0.2, 0.25) is 0 Å². The SMILES string of the molecule is CCCc1nc2c(C)cc(-c3nc4ccccc4n3C)cc2n1Cc1ccc(-c2ccccc2C(=O)Oc2ccccc2CON(O)O)cc1. The number of ether oxygens (including phenoxy) is 1.